The van der Waals surface area contributed by atoms with Crippen molar-refractivity contribution in [1.82, 2.24) is 4.90 Å². The first-order valence-corrected chi connectivity index (χ1v) is 6.33. The molecule has 94 valence electrons. The fourth-order valence-corrected chi connectivity index (χ4v) is 2.31. The Hall–Kier alpha value is -1.36. The van der Waals surface area contributed by atoms with E-state index in [9.17, 15) is 9.59 Å². The van der Waals surface area contributed by atoms with Crippen LogP contribution in [-0.4, -0.2) is 35.0 Å². The van der Waals surface area contributed by atoms with E-state index < -0.39 is 11.9 Å². The number of carbonyl (C=O) groups is 2. The van der Waals surface area contributed by atoms with Crippen molar-refractivity contribution in [2.24, 2.45) is 5.92 Å². The molecule has 0 fully saturated rings. The molecule has 1 N–H and O–H groups in total. The average Bonchev–Trinajstić information content (AvgIpc) is 2.78. The van der Waals surface area contributed by atoms with Crippen LogP contribution in [0.15, 0.2) is 17.5 Å². The van der Waals surface area contributed by atoms with E-state index >= 15 is 0 Å². The predicted octanol–water partition coefficient (Wildman–Crippen LogP) is 1.86. The monoisotopic (exact) mass is 255 g/mol. The number of rotatable bonds is 5. The maximum Gasteiger partial charge on any atom is 0.315 e. The molecule has 0 spiro atoms. The molecule has 0 aliphatic rings. The van der Waals surface area contributed by atoms with Crippen molar-refractivity contribution in [3.8, 4) is 0 Å². The largest absolute Gasteiger partial charge is 0.481 e. The first kappa shape index (κ1) is 13.7. The van der Waals surface area contributed by atoms with E-state index in [1.807, 2.05) is 24.4 Å². The summed E-state index contributed by atoms with van der Waals surface area (Å²) in [7, 11) is 1.65. The molecule has 0 aliphatic heterocycles. The van der Waals surface area contributed by atoms with Gasteiger partial charge in [-0.1, -0.05) is 6.07 Å². The van der Waals surface area contributed by atoms with Gasteiger partial charge in [-0.2, -0.15) is 0 Å². The number of hydrogen-bond donors (Lipinski definition) is 1. The molecule has 1 rings (SSSR count). The van der Waals surface area contributed by atoms with Crippen LogP contribution in [0.3, 0.4) is 0 Å². The van der Waals surface area contributed by atoms with Crippen LogP contribution in [0.2, 0.25) is 0 Å². The van der Waals surface area contributed by atoms with Gasteiger partial charge >= 0.3 is 5.97 Å². The van der Waals surface area contributed by atoms with Gasteiger partial charge in [-0.3, -0.25) is 9.59 Å². The van der Waals surface area contributed by atoms with Gasteiger partial charge in [-0.15, -0.1) is 11.3 Å². The summed E-state index contributed by atoms with van der Waals surface area (Å²) < 4.78 is 0. The van der Waals surface area contributed by atoms with Crippen LogP contribution >= 0.6 is 11.3 Å². The maximum absolute atomic E-state index is 11.8. The van der Waals surface area contributed by atoms with Crippen LogP contribution in [0.4, 0.5) is 0 Å². The minimum absolute atomic E-state index is 0.00273. The molecule has 1 aromatic rings. The van der Waals surface area contributed by atoms with E-state index in [0.717, 1.165) is 6.42 Å². The van der Waals surface area contributed by atoms with Crippen molar-refractivity contribution in [3.63, 3.8) is 0 Å². The van der Waals surface area contributed by atoms with Gasteiger partial charge in [0.15, 0.2) is 0 Å². The summed E-state index contributed by atoms with van der Waals surface area (Å²) in [4.78, 5) is 25.2. The Balaban J connectivity index is 2.60. The zero-order chi connectivity index (χ0) is 13.0. The van der Waals surface area contributed by atoms with Gasteiger partial charge in [0.1, 0.15) is 5.92 Å². The Morgan fingerprint density at radius 3 is 2.59 bits per heavy atom. The highest BCUT2D eigenvalue weighted by Gasteiger charge is 2.26. The highest BCUT2D eigenvalue weighted by atomic mass is 32.1. The summed E-state index contributed by atoms with van der Waals surface area (Å²) >= 11 is 1.64. The third kappa shape index (κ3) is 3.56. The van der Waals surface area contributed by atoms with Gasteiger partial charge in [0.05, 0.1) is 0 Å². The van der Waals surface area contributed by atoms with Gasteiger partial charge in [0, 0.05) is 24.4 Å². The minimum Gasteiger partial charge on any atom is -0.481 e. The Morgan fingerprint density at radius 2 is 2.12 bits per heavy atom. The second-order valence-corrected chi connectivity index (χ2v) is 5.17. The number of carboxylic acids is 1. The van der Waals surface area contributed by atoms with Crippen LogP contribution in [0.25, 0.3) is 0 Å². The van der Waals surface area contributed by atoms with Crippen LogP contribution in [0.5, 0.6) is 0 Å². The highest BCUT2D eigenvalue weighted by Crippen LogP contribution is 2.15. The SMILES string of the molecule is CC(C(=O)O)C(=O)N(C)C(C)Cc1cccs1. The number of carboxylic acid groups (broad SMARTS) is 1. The van der Waals surface area contributed by atoms with E-state index in [1.54, 1.807) is 18.4 Å². The van der Waals surface area contributed by atoms with Crippen molar-refractivity contribution in [2.75, 3.05) is 7.05 Å². The number of hydrogen-bond acceptors (Lipinski definition) is 3. The molecule has 0 radical (unpaired) electrons. The molecule has 1 aromatic heterocycles. The van der Waals surface area contributed by atoms with Gasteiger partial charge in [0.25, 0.3) is 0 Å². The van der Waals surface area contributed by atoms with E-state index in [-0.39, 0.29) is 11.9 Å². The van der Waals surface area contributed by atoms with Crippen molar-refractivity contribution in [3.05, 3.63) is 22.4 Å². The van der Waals surface area contributed by atoms with Gasteiger partial charge in [-0.25, -0.2) is 0 Å². The lowest BCUT2D eigenvalue weighted by atomic mass is 10.1. The van der Waals surface area contributed by atoms with Gasteiger partial charge in [-0.05, 0) is 25.3 Å². The molecular formula is C12H17NO3S. The number of aliphatic carboxylic acids is 1. The first-order valence-electron chi connectivity index (χ1n) is 5.45. The Labute approximate surface area is 105 Å². The first-order chi connectivity index (χ1) is 7.93. The molecule has 0 saturated carbocycles. The van der Waals surface area contributed by atoms with E-state index in [4.69, 9.17) is 5.11 Å². The van der Waals surface area contributed by atoms with Crippen molar-refractivity contribution in [1.29, 1.82) is 0 Å². The van der Waals surface area contributed by atoms with Crippen LogP contribution in [0.1, 0.15) is 18.7 Å². The number of likely N-dealkylation sites (N-methyl/N-ethyl adjacent to an activating group) is 1. The molecule has 1 amide bonds. The molecule has 17 heavy (non-hydrogen) atoms. The summed E-state index contributed by atoms with van der Waals surface area (Å²) in [5, 5.41) is 10.8. The van der Waals surface area contributed by atoms with E-state index in [1.165, 1.54) is 16.7 Å². The normalized spacial score (nSPS) is 14.1. The summed E-state index contributed by atoms with van der Waals surface area (Å²) in [5.41, 5.74) is 0. The third-order valence-electron chi connectivity index (χ3n) is 2.83. The van der Waals surface area contributed by atoms with Gasteiger partial charge in [0.2, 0.25) is 5.91 Å². The molecule has 0 aliphatic carbocycles. The van der Waals surface area contributed by atoms with E-state index in [0.29, 0.717) is 0 Å². The topological polar surface area (TPSA) is 57.6 Å². The molecule has 1 heterocycles. The molecule has 2 atom stereocenters. The molecule has 0 saturated heterocycles. The lowest BCUT2D eigenvalue weighted by Crippen LogP contribution is -2.41. The summed E-state index contributed by atoms with van der Waals surface area (Å²) in [5.74, 6) is -2.41. The van der Waals surface area contributed by atoms with Crippen LogP contribution in [-0.2, 0) is 16.0 Å². The molecule has 0 bridgehead atoms. The number of thiophene rings is 1. The van der Waals surface area contributed by atoms with Gasteiger partial charge < -0.3 is 10.0 Å². The molecule has 0 aromatic carbocycles. The number of amides is 1. The van der Waals surface area contributed by atoms with Crippen molar-refractivity contribution >= 4 is 23.2 Å². The zero-order valence-electron chi connectivity index (χ0n) is 10.2. The minimum atomic E-state index is -1.08. The fraction of sp³-hybridized carbons (Fsp3) is 0.500. The molecule has 2 unspecified atom stereocenters. The third-order valence-corrected chi connectivity index (χ3v) is 3.73. The number of carbonyl (C=O) groups excluding carboxylic acids is 1. The fourth-order valence-electron chi connectivity index (χ4n) is 1.49. The van der Waals surface area contributed by atoms with Crippen LogP contribution < -0.4 is 0 Å². The average molecular weight is 255 g/mol. The molecular weight excluding hydrogens is 238 g/mol. The quantitative estimate of drug-likeness (QED) is 0.817. The van der Waals surface area contributed by atoms with Crippen molar-refractivity contribution < 1.29 is 14.7 Å². The van der Waals surface area contributed by atoms with Crippen LogP contribution in [0, 0.1) is 5.92 Å². The second kappa shape index (κ2) is 5.82. The zero-order valence-corrected chi connectivity index (χ0v) is 11.0. The summed E-state index contributed by atoms with van der Waals surface area (Å²) in [6.45, 7) is 3.34. The smallest absolute Gasteiger partial charge is 0.315 e. The molecule has 5 heteroatoms. The van der Waals surface area contributed by atoms with E-state index in [2.05, 4.69) is 0 Å². The Morgan fingerprint density at radius 1 is 1.47 bits per heavy atom. The highest BCUT2D eigenvalue weighted by molar-refractivity contribution is 7.09. The predicted molar refractivity (Wildman–Crippen MR) is 67.1 cm³/mol. The lowest BCUT2D eigenvalue weighted by Gasteiger charge is -2.26. The molecule has 4 nitrogen and oxygen atoms in total. The van der Waals surface area contributed by atoms with Crippen molar-refractivity contribution in [2.45, 2.75) is 26.3 Å². The lowest BCUT2D eigenvalue weighted by molar-refractivity contribution is -0.150. The second-order valence-electron chi connectivity index (χ2n) is 4.14. The standard InChI is InChI=1S/C12H17NO3S/c1-8(7-10-5-4-6-17-10)13(3)11(14)9(2)12(15)16/h4-6,8-9H,7H2,1-3H3,(H,15,16). The maximum atomic E-state index is 11.8. The summed E-state index contributed by atoms with van der Waals surface area (Å²) in [6.07, 6.45) is 0.756. The Kier molecular flexibility index (Phi) is 4.69. The Bertz CT molecular complexity index is 388. The number of nitrogens with zero attached hydrogens (tertiary/aromatic N) is 1. The summed E-state index contributed by atoms with van der Waals surface area (Å²) in [6, 6.07) is 3.98.